The highest BCUT2D eigenvalue weighted by Gasteiger charge is 2.07. The minimum Gasteiger partial charge on any atom is -0.328 e. The summed E-state index contributed by atoms with van der Waals surface area (Å²) in [7, 11) is 1.98. The average Bonchev–Trinajstić information content (AvgIpc) is 2.54. The molecule has 4 nitrogen and oxygen atoms in total. The summed E-state index contributed by atoms with van der Waals surface area (Å²) in [5.74, 6) is 0.823. The maximum absolute atomic E-state index is 5.61. The lowest BCUT2D eigenvalue weighted by molar-refractivity contribution is 1.06. The summed E-state index contributed by atoms with van der Waals surface area (Å²) < 4.78 is 0. The van der Waals surface area contributed by atoms with Gasteiger partial charge in [-0.3, -0.25) is 4.98 Å². The normalized spacial score (nSPS) is 10.7. The van der Waals surface area contributed by atoms with Gasteiger partial charge in [-0.15, -0.1) is 0 Å². The molecule has 0 spiro atoms. The maximum atomic E-state index is 5.61. The number of fused-ring (bicyclic) bond motifs is 1. The van der Waals surface area contributed by atoms with Gasteiger partial charge in [-0.1, -0.05) is 24.3 Å². The van der Waals surface area contributed by atoms with Gasteiger partial charge in [0.2, 0.25) is 0 Å². The van der Waals surface area contributed by atoms with E-state index in [0.29, 0.717) is 6.54 Å². The van der Waals surface area contributed by atoms with Crippen molar-refractivity contribution in [2.45, 2.75) is 6.54 Å². The van der Waals surface area contributed by atoms with Crippen LogP contribution in [0.2, 0.25) is 0 Å². The fraction of sp³-hybridized carbons (Fsp3) is 0.125. The molecule has 1 aromatic heterocycles. The molecule has 0 aliphatic rings. The molecule has 20 heavy (non-hydrogen) atoms. The zero-order valence-corrected chi connectivity index (χ0v) is 11.3. The van der Waals surface area contributed by atoms with E-state index in [1.165, 1.54) is 0 Å². The van der Waals surface area contributed by atoms with Gasteiger partial charge in [0.1, 0.15) is 0 Å². The molecule has 0 bridgehead atoms. The number of hydrogen-bond donors (Lipinski definition) is 1. The van der Waals surface area contributed by atoms with Crippen LogP contribution in [0, 0.1) is 0 Å². The van der Waals surface area contributed by atoms with Crippen molar-refractivity contribution in [3.05, 3.63) is 60.3 Å². The van der Waals surface area contributed by atoms with Crippen LogP contribution in [0.25, 0.3) is 11.0 Å². The van der Waals surface area contributed by atoms with Crippen LogP contribution in [-0.4, -0.2) is 17.0 Å². The molecule has 0 unspecified atom stereocenters. The second kappa shape index (κ2) is 5.27. The Hall–Kier alpha value is -2.46. The van der Waals surface area contributed by atoms with Gasteiger partial charge < -0.3 is 10.6 Å². The van der Waals surface area contributed by atoms with Crippen LogP contribution in [-0.2, 0) is 6.54 Å². The Kier molecular flexibility index (Phi) is 3.31. The van der Waals surface area contributed by atoms with Crippen molar-refractivity contribution in [1.82, 2.24) is 9.97 Å². The van der Waals surface area contributed by atoms with Gasteiger partial charge >= 0.3 is 0 Å². The third-order valence-corrected chi connectivity index (χ3v) is 3.34. The van der Waals surface area contributed by atoms with Crippen LogP contribution in [0.15, 0.2) is 54.7 Å². The molecule has 0 atom stereocenters. The molecule has 2 N–H and O–H groups in total. The summed E-state index contributed by atoms with van der Waals surface area (Å²) in [6, 6.07) is 16.0. The third-order valence-electron chi connectivity index (χ3n) is 3.34. The first kappa shape index (κ1) is 12.6. The molecule has 2 aromatic carbocycles. The summed E-state index contributed by atoms with van der Waals surface area (Å²) in [6.45, 7) is 0.555. The van der Waals surface area contributed by atoms with Gasteiger partial charge in [-0.25, -0.2) is 4.98 Å². The molecular formula is C16H16N4. The predicted molar refractivity (Wildman–Crippen MR) is 81.9 cm³/mol. The molecular weight excluding hydrogens is 248 g/mol. The SMILES string of the molecule is CN(c1ccc(CN)cc1)c1cnc2ccccc2n1. The number of anilines is 2. The van der Waals surface area contributed by atoms with Crippen molar-refractivity contribution in [2.75, 3.05) is 11.9 Å². The number of rotatable bonds is 3. The van der Waals surface area contributed by atoms with E-state index < -0.39 is 0 Å². The average molecular weight is 264 g/mol. The van der Waals surface area contributed by atoms with Gasteiger partial charge in [-0.2, -0.15) is 0 Å². The van der Waals surface area contributed by atoms with E-state index >= 15 is 0 Å². The second-order valence-electron chi connectivity index (χ2n) is 4.65. The Bertz CT molecular complexity index is 722. The first-order valence-corrected chi connectivity index (χ1v) is 6.52. The van der Waals surface area contributed by atoms with Crippen LogP contribution in [0.4, 0.5) is 11.5 Å². The van der Waals surface area contributed by atoms with E-state index in [0.717, 1.165) is 28.1 Å². The monoisotopic (exact) mass is 264 g/mol. The van der Waals surface area contributed by atoms with E-state index in [4.69, 9.17) is 5.73 Å². The summed E-state index contributed by atoms with van der Waals surface area (Å²) in [5, 5.41) is 0. The Balaban J connectivity index is 1.96. The standard InChI is InChI=1S/C16H16N4/c1-20(13-8-6-12(10-17)7-9-13)16-11-18-14-4-2-3-5-15(14)19-16/h2-9,11H,10,17H2,1H3. The van der Waals surface area contributed by atoms with Crippen molar-refractivity contribution in [2.24, 2.45) is 5.73 Å². The number of nitrogens with zero attached hydrogens (tertiary/aromatic N) is 3. The lowest BCUT2D eigenvalue weighted by atomic mass is 10.2. The molecule has 4 heteroatoms. The van der Waals surface area contributed by atoms with E-state index in [2.05, 4.69) is 9.97 Å². The molecule has 100 valence electrons. The lowest BCUT2D eigenvalue weighted by Gasteiger charge is -2.18. The molecule has 1 heterocycles. The zero-order valence-electron chi connectivity index (χ0n) is 11.3. The number of benzene rings is 2. The van der Waals surface area contributed by atoms with Gasteiger partial charge in [0.05, 0.1) is 17.2 Å². The molecule has 0 saturated carbocycles. The summed E-state index contributed by atoms with van der Waals surface area (Å²) in [6.07, 6.45) is 1.79. The molecule has 3 aromatic rings. The molecule has 3 rings (SSSR count). The molecule has 0 aliphatic carbocycles. The number of aromatic nitrogens is 2. The van der Waals surface area contributed by atoms with Crippen molar-refractivity contribution in [3.63, 3.8) is 0 Å². The third kappa shape index (κ3) is 2.33. The van der Waals surface area contributed by atoms with Gasteiger partial charge in [0.15, 0.2) is 5.82 Å². The first-order valence-electron chi connectivity index (χ1n) is 6.52. The summed E-state index contributed by atoms with van der Waals surface area (Å²) >= 11 is 0. The Labute approximate surface area is 117 Å². The van der Waals surface area contributed by atoms with Crippen LogP contribution >= 0.6 is 0 Å². The molecule has 0 radical (unpaired) electrons. The molecule has 0 aliphatic heterocycles. The number of hydrogen-bond acceptors (Lipinski definition) is 4. The minimum atomic E-state index is 0.555. The number of nitrogens with two attached hydrogens (primary N) is 1. The van der Waals surface area contributed by atoms with Crippen molar-refractivity contribution in [3.8, 4) is 0 Å². The summed E-state index contributed by atoms with van der Waals surface area (Å²) in [5.41, 5.74) is 9.60. The van der Waals surface area contributed by atoms with Crippen molar-refractivity contribution in [1.29, 1.82) is 0 Å². The van der Waals surface area contributed by atoms with E-state index in [1.54, 1.807) is 6.20 Å². The number of para-hydroxylation sites is 2. The van der Waals surface area contributed by atoms with Gasteiger partial charge in [-0.05, 0) is 29.8 Å². The minimum absolute atomic E-state index is 0.555. The largest absolute Gasteiger partial charge is 0.328 e. The smallest absolute Gasteiger partial charge is 0.152 e. The van der Waals surface area contributed by atoms with E-state index in [1.807, 2.05) is 60.5 Å². The second-order valence-corrected chi connectivity index (χ2v) is 4.65. The van der Waals surface area contributed by atoms with Crippen LogP contribution < -0.4 is 10.6 Å². The van der Waals surface area contributed by atoms with E-state index in [9.17, 15) is 0 Å². The van der Waals surface area contributed by atoms with Crippen LogP contribution in [0.3, 0.4) is 0 Å². The topological polar surface area (TPSA) is 55.0 Å². The summed E-state index contributed by atoms with van der Waals surface area (Å²) in [4.78, 5) is 11.1. The molecule has 0 saturated heterocycles. The quantitative estimate of drug-likeness (QED) is 0.790. The predicted octanol–water partition coefficient (Wildman–Crippen LogP) is 2.86. The van der Waals surface area contributed by atoms with E-state index in [-0.39, 0.29) is 0 Å². The van der Waals surface area contributed by atoms with Gasteiger partial charge in [0.25, 0.3) is 0 Å². The molecule has 0 amide bonds. The van der Waals surface area contributed by atoms with Crippen molar-refractivity contribution < 1.29 is 0 Å². The Morgan fingerprint density at radius 3 is 2.40 bits per heavy atom. The fourth-order valence-electron chi connectivity index (χ4n) is 2.10. The molecule has 0 fully saturated rings. The van der Waals surface area contributed by atoms with Crippen LogP contribution in [0.5, 0.6) is 0 Å². The first-order chi connectivity index (χ1) is 9.78. The highest BCUT2D eigenvalue weighted by Crippen LogP contribution is 2.23. The maximum Gasteiger partial charge on any atom is 0.152 e. The van der Waals surface area contributed by atoms with Crippen LogP contribution in [0.1, 0.15) is 5.56 Å². The highest BCUT2D eigenvalue weighted by molar-refractivity contribution is 5.76. The zero-order chi connectivity index (χ0) is 13.9. The fourth-order valence-corrected chi connectivity index (χ4v) is 2.10. The Morgan fingerprint density at radius 2 is 1.70 bits per heavy atom. The lowest BCUT2D eigenvalue weighted by Crippen LogP contribution is -2.11. The Morgan fingerprint density at radius 1 is 1.00 bits per heavy atom. The van der Waals surface area contributed by atoms with Gasteiger partial charge in [0, 0.05) is 19.3 Å². The van der Waals surface area contributed by atoms with Crippen molar-refractivity contribution >= 4 is 22.5 Å². The highest BCUT2D eigenvalue weighted by atomic mass is 15.2.